The number of anilines is 1. The molecular formula is C16H12N4. The summed E-state index contributed by atoms with van der Waals surface area (Å²) in [6.45, 7) is 0.606. The third-order valence-electron chi connectivity index (χ3n) is 3.13. The lowest BCUT2D eigenvalue weighted by Crippen LogP contribution is -2.04. The van der Waals surface area contributed by atoms with Gasteiger partial charge in [-0.2, -0.15) is 5.26 Å². The van der Waals surface area contributed by atoms with Crippen LogP contribution >= 0.6 is 0 Å². The number of nitriles is 1. The summed E-state index contributed by atoms with van der Waals surface area (Å²) in [5, 5.41) is 14.6. The summed E-state index contributed by atoms with van der Waals surface area (Å²) in [6, 6.07) is 16.4. The van der Waals surface area contributed by atoms with Crippen LogP contribution in [-0.4, -0.2) is 9.97 Å². The summed E-state index contributed by atoms with van der Waals surface area (Å²) in [5.41, 5.74) is 1.48. The van der Waals surface area contributed by atoms with Gasteiger partial charge in [-0.3, -0.25) is 0 Å². The van der Waals surface area contributed by atoms with E-state index in [4.69, 9.17) is 5.26 Å². The van der Waals surface area contributed by atoms with E-state index in [1.165, 1.54) is 17.0 Å². The van der Waals surface area contributed by atoms with E-state index in [1.807, 2.05) is 24.3 Å². The van der Waals surface area contributed by atoms with Crippen LogP contribution < -0.4 is 5.32 Å². The second-order valence-electron chi connectivity index (χ2n) is 4.36. The van der Waals surface area contributed by atoms with Crippen LogP contribution in [0.3, 0.4) is 0 Å². The first-order valence-corrected chi connectivity index (χ1v) is 6.30. The topological polar surface area (TPSA) is 61.6 Å². The quantitative estimate of drug-likeness (QED) is 0.786. The van der Waals surface area contributed by atoms with Gasteiger partial charge in [-0.15, -0.1) is 0 Å². The lowest BCUT2D eigenvalue weighted by atomic mass is 10.0. The van der Waals surface area contributed by atoms with E-state index in [2.05, 4.69) is 39.6 Å². The molecule has 3 rings (SSSR count). The highest BCUT2D eigenvalue weighted by Crippen LogP contribution is 2.19. The Kier molecular flexibility index (Phi) is 3.25. The Bertz CT molecular complexity index is 784. The highest BCUT2D eigenvalue weighted by molar-refractivity contribution is 5.85. The molecule has 0 radical (unpaired) electrons. The minimum Gasteiger partial charge on any atom is -0.364 e. The number of fused-ring (bicyclic) bond motifs is 1. The summed E-state index contributed by atoms with van der Waals surface area (Å²) in [4.78, 5) is 8.13. The van der Waals surface area contributed by atoms with Gasteiger partial charge in [-0.25, -0.2) is 9.97 Å². The average molecular weight is 260 g/mol. The van der Waals surface area contributed by atoms with Gasteiger partial charge in [-0.1, -0.05) is 42.5 Å². The molecule has 0 amide bonds. The van der Waals surface area contributed by atoms with Gasteiger partial charge < -0.3 is 5.32 Å². The first-order chi connectivity index (χ1) is 9.88. The van der Waals surface area contributed by atoms with Crippen LogP contribution in [-0.2, 0) is 6.54 Å². The first kappa shape index (κ1) is 12.1. The molecule has 20 heavy (non-hydrogen) atoms. The Labute approximate surface area is 116 Å². The fraction of sp³-hybridized carbons (Fsp3) is 0.0625. The van der Waals surface area contributed by atoms with Crippen molar-refractivity contribution in [2.75, 3.05) is 5.32 Å². The predicted octanol–water partition coefficient (Wildman–Crippen LogP) is 3.11. The van der Waals surface area contributed by atoms with Gasteiger partial charge in [0.15, 0.2) is 11.5 Å². The van der Waals surface area contributed by atoms with Crippen molar-refractivity contribution >= 4 is 16.6 Å². The normalized spacial score (nSPS) is 10.2. The molecule has 0 spiro atoms. The summed E-state index contributed by atoms with van der Waals surface area (Å²) in [6.07, 6.45) is 3.09. The first-order valence-electron chi connectivity index (χ1n) is 6.30. The molecule has 0 saturated carbocycles. The second-order valence-corrected chi connectivity index (χ2v) is 4.36. The van der Waals surface area contributed by atoms with E-state index in [0.29, 0.717) is 18.1 Å². The summed E-state index contributed by atoms with van der Waals surface area (Å²) >= 11 is 0. The van der Waals surface area contributed by atoms with Gasteiger partial charge in [0, 0.05) is 18.9 Å². The highest BCUT2D eigenvalue weighted by atomic mass is 15.0. The smallest absolute Gasteiger partial charge is 0.182 e. The third-order valence-corrected chi connectivity index (χ3v) is 3.13. The summed E-state index contributed by atoms with van der Waals surface area (Å²) in [7, 11) is 0. The molecular weight excluding hydrogens is 248 g/mol. The largest absolute Gasteiger partial charge is 0.364 e. The monoisotopic (exact) mass is 260 g/mol. The Hall–Kier alpha value is -2.93. The van der Waals surface area contributed by atoms with Crippen molar-refractivity contribution in [1.82, 2.24) is 9.97 Å². The fourth-order valence-corrected chi connectivity index (χ4v) is 2.17. The molecule has 0 aliphatic heterocycles. The molecule has 0 fully saturated rings. The minimum absolute atomic E-state index is 0.313. The van der Waals surface area contributed by atoms with E-state index in [-0.39, 0.29) is 0 Å². The SMILES string of the molecule is N#Cc1nccnc1NCc1cccc2ccccc12. The van der Waals surface area contributed by atoms with Gasteiger partial charge >= 0.3 is 0 Å². The Morgan fingerprint density at radius 1 is 1.00 bits per heavy atom. The van der Waals surface area contributed by atoms with Crippen molar-refractivity contribution in [3.63, 3.8) is 0 Å². The number of nitrogens with zero attached hydrogens (tertiary/aromatic N) is 3. The molecule has 1 aromatic heterocycles. The van der Waals surface area contributed by atoms with E-state index < -0.39 is 0 Å². The highest BCUT2D eigenvalue weighted by Gasteiger charge is 2.05. The van der Waals surface area contributed by atoms with E-state index in [0.717, 1.165) is 5.56 Å². The maximum Gasteiger partial charge on any atom is 0.182 e. The average Bonchev–Trinajstić information content (AvgIpc) is 2.53. The molecule has 0 aliphatic carbocycles. The number of hydrogen-bond donors (Lipinski definition) is 1. The van der Waals surface area contributed by atoms with Crippen LogP contribution in [0.1, 0.15) is 11.3 Å². The van der Waals surface area contributed by atoms with Crippen LogP contribution in [0.2, 0.25) is 0 Å². The van der Waals surface area contributed by atoms with Gasteiger partial charge in [-0.05, 0) is 16.3 Å². The van der Waals surface area contributed by atoms with Crippen LogP contribution in [0.15, 0.2) is 54.9 Å². The number of benzene rings is 2. The van der Waals surface area contributed by atoms with E-state index in [9.17, 15) is 0 Å². The second kappa shape index (κ2) is 5.37. The molecule has 0 bridgehead atoms. The van der Waals surface area contributed by atoms with Crippen molar-refractivity contribution in [1.29, 1.82) is 5.26 Å². The van der Waals surface area contributed by atoms with Crippen molar-refractivity contribution < 1.29 is 0 Å². The molecule has 0 unspecified atom stereocenters. The predicted molar refractivity (Wildman–Crippen MR) is 78.0 cm³/mol. The maximum atomic E-state index is 8.99. The Balaban J connectivity index is 1.89. The van der Waals surface area contributed by atoms with E-state index in [1.54, 1.807) is 6.20 Å². The van der Waals surface area contributed by atoms with Crippen LogP contribution in [0.4, 0.5) is 5.82 Å². The molecule has 2 aromatic carbocycles. The van der Waals surface area contributed by atoms with Gasteiger partial charge in [0.2, 0.25) is 0 Å². The van der Waals surface area contributed by atoms with Crippen LogP contribution in [0, 0.1) is 11.3 Å². The number of nitrogens with one attached hydrogen (secondary N) is 1. The molecule has 0 atom stereocenters. The molecule has 4 nitrogen and oxygen atoms in total. The molecule has 96 valence electrons. The van der Waals surface area contributed by atoms with Gasteiger partial charge in [0.05, 0.1) is 0 Å². The number of rotatable bonds is 3. The lowest BCUT2D eigenvalue weighted by molar-refractivity contribution is 1.08. The molecule has 3 aromatic rings. The lowest BCUT2D eigenvalue weighted by Gasteiger charge is -2.09. The van der Waals surface area contributed by atoms with Crippen molar-refractivity contribution in [2.45, 2.75) is 6.54 Å². The van der Waals surface area contributed by atoms with Crippen molar-refractivity contribution in [3.05, 3.63) is 66.1 Å². The minimum atomic E-state index is 0.313. The van der Waals surface area contributed by atoms with Crippen molar-refractivity contribution in [2.24, 2.45) is 0 Å². The summed E-state index contributed by atoms with van der Waals surface area (Å²) < 4.78 is 0. The molecule has 1 N–H and O–H groups in total. The fourth-order valence-electron chi connectivity index (χ4n) is 2.17. The van der Waals surface area contributed by atoms with Gasteiger partial charge in [0.1, 0.15) is 6.07 Å². The zero-order chi connectivity index (χ0) is 13.8. The number of aromatic nitrogens is 2. The molecule has 0 saturated heterocycles. The summed E-state index contributed by atoms with van der Waals surface area (Å²) in [5.74, 6) is 0.517. The Morgan fingerprint density at radius 2 is 1.80 bits per heavy atom. The van der Waals surface area contributed by atoms with Crippen molar-refractivity contribution in [3.8, 4) is 6.07 Å². The van der Waals surface area contributed by atoms with Crippen LogP contribution in [0.5, 0.6) is 0 Å². The van der Waals surface area contributed by atoms with Gasteiger partial charge in [0.25, 0.3) is 0 Å². The molecule has 4 heteroatoms. The zero-order valence-corrected chi connectivity index (χ0v) is 10.7. The Morgan fingerprint density at radius 3 is 2.70 bits per heavy atom. The third kappa shape index (κ3) is 2.29. The maximum absolute atomic E-state index is 8.99. The van der Waals surface area contributed by atoms with Crippen LogP contribution in [0.25, 0.3) is 10.8 Å². The number of hydrogen-bond acceptors (Lipinski definition) is 4. The zero-order valence-electron chi connectivity index (χ0n) is 10.7. The van der Waals surface area contributed by atoms with E-state index >= 15 is 0 Å². The molecule has 0 aliphatic rings. The standard InChI is InChI=1S/C16H12N4/c17-10-15-16(19-9-8-18-15)20-11-13-6-3-5-12-4-1-2-7-14(12)13/h1-9H,11H2,(H,19,20). The molecule has 1 heterocycles.